The fraction of sp³-hybridized carbons (Fsp3) is 0.391. The van der Waals surface area contributed by atoms with Gasteiger partial charge in [0.1, 0.15) is 12.4 Å². The Hall–Kier alpha value is -3.15. The summed E-state index contributed by atoms with van der Waals surface area (Å²) >= 11 is 0. The molecule has 2 aromatic carbocycles. The molecule has 188 valence electrons. The minimum absolute atomic E-state index is 0.111. The summed E-state index contributed by atoms with van der Waals surface area (Å²) < 4.78 is 43.5. The van der Waals surface area contributed by atoms with Crippen LogP contribution in [0.5, 0.6) is 0 Å². The third-order valence-corrected chi connectivity index (χ3v) is 4.30. The Morgan fingerprint density at radius 2 is 1.76 bits per heavy atom. The van der Waals surface area contributed by atoms with E-state index in [1.807, 2.05) is 6.92 Å². The molecule has 0 saturated carbocycles. The van der Waals surface area contributed by atoms with Gasteiger partial charge in [0, 0.05) is 32.3 Å². The number of aliphatic hydroxyl groups excluding tert-OH is 1. The van der Waals surface area contributed by atoms with Crippen LogP contribution in [0.4, 0.5) is 24.5 Å². The van der Waals surface area contributed by atoms with Crippen LogP contribution in [0.2, 0.25) is 0 Å². The lowest BCUT2D eigenvalue weighted by molar-refractivity contribution is -0.128. The zero-order valence-corrected chi connectivity index (χ0v) is 19.7. The second-order valence-electron chi connectivity index (χ2n) is 7.06. The molecule has 0 bridgehead atoms. The van der Waals surface area contributed by atoms with Gasteiger partial charge in [0.05, 0.1) is 16.9 Å². The lowest BCUT2D eigenvalue weighted by Crippen LogP contribution is -2.30. The van der Waals surface area contributed by atoms with Crippen LogP contribution < -0.4 is 21.4 Å². The van der Waals surface area contributed by atoms with Gasteiger partial charge >= 0.3 is 0 Å². The van der Waals surface area contributed by atoms with E-state index in [-0.39, 0.29) is 35.9 Å². The molecular weight excluding hydrogens is 453 g/mol. The Balaban J connectivity index is 0.00000133. The van der Waals surface area contributed by atoms with Crippen molar-refractivity contribution >= 4 is 23.2 Å². The molecule has 0 atom stereocenters. The molecule has 2 amide bonds. The Labute approximate surface area is 196 Å². The van der Waals surface area contributed by atoms with Crippen molar-refractivity contribution in [1.82, 2.24) is 16.1 Å². The van der Waals surface area contributed by atoms with E-state index in [4.69, 9.17) is 9.94 Å². The molecule has 5 N–H and O–H groups in total. The third kappa shape index (κ3) is 8.65. The zero-order valence-electron chi connectivity index (χ0n) is 19.7. The summed E-state index contributed by atoms with van der Waals surface area (Å²) in [5, 5.41) is 15.2. The smallest absolute Gasteiger partial charge is 0.253 e. The Morgan fingerprint density at radius 1 is 1.09 bits per heavy atom. The maximum atomic E-state index is 14.8. The standard InChI is InChI=1S/C20H23F3N4O3.C3H8O/c1-4-25-16(28)10-30-26-9-12-8-13(20(29)24-3)19(18(23)17(12)22)27-15-6-5-11(2)7-14(15)21;1-2-3-4/h5-8,26-27H,4,9-10H2,1-3H3,(H,24,29)(H,25,28);4H,2-3H2,1H3. The highest BCUT2D eigenvalue weighted by Gasteiger charge is 2.23. The number of amides is 2. The molecule has 0 aliphatic heterocycles. The van der Waals surface area contributed by atoms with Crippen molar-refractivity contribution in [3.63, 3.8) is 0 Å². The highest BCUT2D eigenvalue weighted by Crippen LogP contribution is 2.30. The van der Waals surface area contributed by atoms with Gasteiger partial charge < -0.3 is 21.1 Å². The summed E-state index contributed by atoms with van der Waals surface area (Å²) in [7, 11) is 1.33. The summed E-state index contributed by atoms with van der Waals surface area (Å²) in [6.07, 6.45) is 0.875. The first kappa shape index (κ1) is 28.9. The highest BCUT2D eigenvalue weighted by atomic mass is 19.2. The van der Waals surface area contributed by atoms with E-state index in [9.17, 15) is 22.8 Å². The molecule has 0 heterocycles. The number of carbonyl (C=O) groups excluding carboxylic acids is 2. The predicted molar refractivity (Wildman–Crippen MR) is 123 cm³/mol. The number of likely N-dealkylation sites (N-methyl/N-ethyl adjacent to an activating group) is 1. The third-order valence-electron chi connectivity index (χ3n) is 4.30. The first-order valence-electron chi connectivity index (χ1n) is 10.7. The number of hydrogen-bond acceptors (Lipinski definition) is 6. The number of benzene rings is 2. The fourth-order valence-electron chi connectivity index (χ4n) is 2.59. The first-order chi connectivity index (χ1) is 16.2. The molecule has 2 aromatic rings. The molecule has 2 rings (SSSR count). The molecule has 8 nitrogen and oxygen atoms in total. The fourth-order valence-corrected chi connectivity index (χ4v) is 2.59. The number of nitrogens with one attached hydrogen (secondary N) is 4. The quantitative estimate of drug-likeness (QED) is 0.262. The average molecular weight is 485 g/mol. The lowest BCUT2D eigenvalue weighted by atomic mass is 10.1. The van der Waals surface area contributed by atoms with Gasteiger partial charge in [-0.05, 0) is 44.0 Å². The van der Waals surface area contributed by atoms with E-state index in [0.29, 0.717) is 18.7 Å². The second-order valence-corrected chi connectivity index (χ2v) is 7.06. The molecule has 34 heavy (non-hydrogen) atoms. The summed E-state index contributed by atoms with van der Waals surface area (Å²) in [5.41, 5.74) is 1.95. The molecule has 0 unspecified atom stereocenters. The summed E-state index contributed by atoms with van der Waals surface area (Å²) in [4.78, 5) is 28.5. The van der Waals surface area contributed by atoms with Gasteiger partial charge in [-0.25, -0.2) is 13.2 Å². The Kier molecular flexibility index (Phi) is 12.6. The number of aryl methyl sites for hydroxylation is 1. The van der Waals surface area contributed by atoms with E-state index in [2.05, 4.69) is 21.4 Å². The van der Waals surface area contributed by atoms with Crippen LogP contribution in [-0.2, 0) is 16.2 Å². The largest absolute Gasteiger partial charge is 0.396 e. The second kappa shape index (κ2) is 14.9. The normalized spacial score (nSPS) is 10.2. The molecule has 0 spiro atoms. The SMILES string of the molecule is CCCO.CCNC(=O)CONCc1cc(C(=O)NC)c(Nc2ccc(C)cc2F)c(F)c1F. The number of carbonyl (C=O) groups is 2. The zero-order chi connectivity index (χ0) is 25.7. The number of halogens is 3. The Morgan fingerprint density at radius 3 is 2.32 bits per heavy atom. The maximum Gasteiger partial charge on any atom is 0.253 e. The van der Waals surface area contributed by atoms with Crippen LogP contribution in [0.15, 0.2) is 24.3 Å². The molecule has 0 saturated heterocycles. The van der Waals surface area contributed by atoms with E-state index >= 15 is 0 Å². The molecular formula is C23H31F3N4O4. The van der Waals surface area contributed by atoms with Gasteiger partial charge in [-0.1, -0.05) is 13.0 Å². The van der Waals surface area contributed by atoms with Gasteiger partial charge in [-0.2, -0.15) is 5.48 Å². The van der Waals surface area contributed by atoms with E-state index < -0.39 is 29.0 Å². The lowest BCUT2D eigenvalue weighted by Gasteiger charge is -2.16. The summed E-state index contributed by atoms with van der Waals surface area (Å²) in [5.74, 6) is -4.36. The summed E-state index contributed by atoms with van der Waals surface area (Å²) in [6, 6.07) is 5.29. The van der Waals surface area contributed by atoms with Crippen LogP contribution in [0.1, 0.15) is 41.8 Å². The van der Waals surface area contributed by atoms with Crippen LogP contribution in [0, 0.1) is 24.4 Å². The number of rotatable bonds is 10. The van der Waals surface area contributed by atoms with Crippen LogP contribution in [-0.4, -0.2) is 43.7 Å². The number of aliphatic hydroxyl groups is 1. The molecule has 0 aromatic heterocycles. The molecule has 0 aliphatic rings. The van der Waals surface area contributed by atoms with Gasteiger partial charge in [0.25, 0.3) is 5.91 Å². The summed E-state index contributed by atoms with van der Waals surface area (Å²) in [6.45, 7) is 5.45. The van der Waals surface area contributed by atoms with E-state index in [1.165, 1.54) is 19.2 Å². The van der Waals surface area contributed by atoms with Crippen molar-refractivity contribution in [2.24, 2.45) is 0 Å². The van der Waals surface area contributed by atoms with Crippen molar-refractivity contribution < 1.29 is 32.7 Å². The van der Waals surface area contributed by atoms with E-state index in [0.717, 1.165) is 12.5 Å². The van der Waals surface area contributed by atoms with E-state index in [1.54, 1.807) is 19.9 Å². The van der Waals surface area contributed by atoms with Crippen LogP contribution in [0.25, 0.3) is 0 Å². The van der Waals surface area contributed by atoms with Crippen molar-refractivity contribution in [3.8, 4) is 0 Å². The van der Waals surface area contributed by atoms with Crippen molar-refractivity contribution in [3.05, 3.63) is 58.4 Å². The minimum Gasteiger partial charge on any atom is -0.396 e. The molecule has 0 radical (unpaired) electrons. The monoisotopic (exact) mass is 484 g/mol. The molecule has 11 heteroatoms. The minimum atomic E-state index is -1.35. The topological polar surface area (TPSA) is 112 Å². The maximum absolute atomic E-state index is 14.8. The van der Waals surface area contributed by atoms with Crippen LogP contribution >= 0.6 is 0 Å². The van der Waals surface area contributed by atoms with Crippen molar-refractivity contribution in [1.29, 1.82) is 0 Å². The van der Waals surface area contributed by atoms with Gasteiger partial charge in [0.15, 0.2) is 11.6 Å². The predicted octanol–water partition coefficient (Wildman–Crippen LogP) is 3.06. The van der Waals surface area contributed by atoms with Gasteiger partial charge in [0.2, 0.25) is 5.91 Å². The van der Waals surface area contributed by atoms with Gasteiger partial charge in [-0.15, -0.1) is 0 Å². The molecule has 0 fully saturated rings. The number of anilines is 2. The number of hydroxylamine groups is 1. The van der Waals surface area contributed by atoms with Crippen LogP contribution in [0.3, 0.4) is 0 Å². The first-order valence-corrected chi connectivity index (χ1v) is 10.7. The average Bonchev–Trinajstić information content (AvgIpc) is 2.82. The molecule has 0 aliphatic carbocycles. The highest BCUT2D eigenvalue weighted by molar-refractivity contribution is 6.00. The number of hydrogen-bond donors (Lipinski definition) is 5. The Bertz CT molecular complexity index is 972. The van der Waals surface area contributed by atoms with Crippen molar-refractivity contribution in [2.45, 2.75) is 33.7 Å². The van der Waals surface area contributed by atoms with Gasteiger partial charge in [-0.3, -0.25) is 14.4 Å². The van der Waals surface area contributed by atoms with Crippen molar-refractivity contribution in [2.75, 3.05) is 32.1 Å².